The summed E-state index contributed by atoms with van der Waals surface area (Å²) in [6.07, 6.45) is -5.74. The summed E-state index contributed by atoms with van der Waals surface area (Å²) < 4.78 is 20.3. The predicted molar refractivity (Wildman–Crippen MR) is 71.3 cm³/mol. The standard InChI is InChI=1S/C12H17BrO8/c1-5(14)18-9-8(4-13)21-12(17)11(20-7(3)16)10(9)19-6(2)15/h8-12,17H,4H2,1-3H3/t8-,9+,10+,11-,12+/m1/s1. The zero-order valence-electron chi connectivity index (χ0n) is 11.8. The second-order valence-electron chi connectivity index (χ2n) is 4.44. The molecule has 0 aliphatic carbocycles. The number of halogens is 1. The molecule has 8 nitrogen and oxygen atoms in total. The van der Waals surface area contributed by atoms with Crippen LogP contribution in [0, 0.1) is 0 Å². The molecule has 1 N–H and O–H groups in total. The average molecular weight is 369 g/mol. The van der Waals surface area contributed by atoms with Gasteiger partial charge < -0.3 is 24.1 Å². The van der Waals surface area contributed by atoms with Crippen molar-refractivity contribution in [2.24, 2.45) is 0 Å². The van der Waals surface area contributed by atoms with E-state index in [9.17, 15) is 19.5 Å². The van der Waals surface area contributed by atoms with Crippen molar-refractivity contribution in [3.8, 4) is 0 Å². The summed E-state index contributed by atoms with van der Waals surface area (Å²) >= 11 is 3.16. The van der Waals surface area contributed by atoms with Crippen LogP contribution in [0.25, 0.3) is 0 Å². The Hall–Kier alpha value is -1.19. The Morgan fingerprint density at radius 1 is 0.952 bits per heavy atom. The van der Waals surface area contributed by atoms with E-state index in [1.165, 1.54) is 6.92 Å². The van der Waals surface area contributed by atoms with Crippen molar-refractivity contribution in [1.82, 2.24) is 0 Å². The fourth-order valence-corrected chi connectivity index (χ4v) is 2.52. The molecule has 21 heavy (non-hydrogen) atoms. The molecular formula is C12H17BrO8. The molecule has 0 unspecified atom stereocenters. The maximum Gasteiger partial charge on any atom is 0.303 e. The molecule has 0 spiro atoms. The molecule has 120 valence electrons. The molecule has 1 rings (SSSR count). The van der Waals surface area contributed by atoms with Gasteiger partial charge in [-0.05, 0) is 0 Å². The molecule has 0 radical (unpaired) electrons. The van der Waals surface area contributed by atoms with Crippen molar-refractivity contribution >= 4 is 33.8 Å². The molecule has 0 saturated carbocycles. The number of esters is 3. The van der Waals surface area contributed by atoms with E-state index in [2.05, 4.69) is 15.9 Å². The molecular weight excluding hydrogens is 352 g/mol. The van der Waals surface area contributed by atoms with Crippen LogP contribution in [0.3, 0.4) is 0 Å². The molecule has 9 heteroatoms. The number of aliphatic hydroxyl groups excluding tert-OH is 1. The highest BCUT2D eigenvalue weighted by molar-refractivity contribution is 9.09. The van der Waals surface area contributed by atoms with Gasteiger partial charge in [0.15, 0.2) is 24.6 Å². The number of rotatable bonds is 4. The maximum absolute atomic E-state index is 11.2. The average Bonchev–Trinajstić information content (AvgIpc) is 2.35. The Morgan fingerprint density at radius 2 is 1.38 bits per heavy atom. The summed E-state index contributed by atoms with van der Waals surface area (Å²) in [6.45, 7) is 3.47. The predicted octanol–water partition coefficient (Wildman–Crippen LogP) is -0.106. The van der Waals surface area contributed by atoms with Crippen LogP contribution in [0.15, 0.2) is 0 Å². The third-order valence-electron chi connectivity index (χ3n) is 2.67. The van der Waals surface area contributed by atoms with Gasteiger partial charge in [-0.1, -0.05) is 15.9 Å². The highest BCUT2D eigenvalue weighted by atomic mass is 79.9. The first-order chi connectivity index (χ1) is 9.76. The van der Waals surface area contributed by atoms with Gasteiger partial charge in [0.1, 0.15) is 6.10 Å². The zero-order valence-corrected chi connectivity index (χ0v) is 13.4. The van der Waals surface area contributed by atoms with E-state index in [4.69, 9.17) is 18.9 Å². The summed E-state index contributed by atoms with van der Waals surface area (Å²) in [5, 5.41) is 10.1. The second kappa shape index (κ2) is 7.71. The lowest BCUT2D eigenvalue weighted by molar-refractivity contribution is -0.287. The SMILES string of the molecule is CC(=O)O[C@@H]1[C@@H](OC(C)=O)[C@@H](O)O[C@H](CBr)[C@@H]1OC(C)=O. The van der Waals surface area contributed by atoms with E-state index in [1.807, 2.05) is 0 Å². The summed E-state index contributed by atoms with van der Waals surface area (Å²) in [5.74, 6) is -1.99. The Kier molecular flexibility index (Phi) is 6.56. The molecule has 1 aliphatic heterocycles. The van der Waals surface area contributed by atoms with Crippen molar-refractivity contribution in [2.45, 2.75) is 51.5 Å². The quantitative estimate of drug-likeness (QED) is 0.416. The number of ether oxygens (including phenoxy) is 4. The van der Waals surface area contributed by atoms with E-state index in [1.54, 1.807) is 0 Å². The molecule has 0 aromatic rings. The third kappa shape index (κ3) is 4.94. The number of hydrogen-bond acceptors (Lipinski definition) is 8. The fraction of sp³-hybridized carbons (Fsp3) is 0.750. The van der Waals surface area contributed by atoms with Crippen LogP contribution in [0.2, 0.25) is 0 Å². The van der Waals surface area contributed by atoms with Crippen LogP contribution in [-0.2, 0) is 33.3 Å². The van der Waals surface area contributed by atoms with Crippen LogP contribution in [0.4, 0.5) is 0 Å². The lowest BCUT2D eigenvalue weighted by atomic mass is 9.99. The molecule has 1 saturated heterocycles. The van der Waals surface area contributed by atoms with Crippen molar-refractivity contribution < 1.29 is 38.4 Å². The lowest BCUT2D eigenvalue weighted by Gasteiger charge is -2.42. The number of alkyl halides is 1. The lowest BCUT2D eigenvalue weighted by Crippen LogP contribution is -2.61. The summed E-state index contributed by atoms with van der Waals surface area (Å²) in [7, 11) is 0. The molecule has 0 bridgehead atoms. The topological polar surface area (TPSA) is 108 Å². The van der Waals surface area contributed by atoms with Gasteiger partial charge in [-0.25, -0.2) is 0 Å². The normalized spacial score (nSPS) is 32.1. The Balaban J connectivity index is 3.08. The Bertz CT molecular complexity index is 412. The molecule has 1 heterocycles. The van der Waals surface area contributed by atoms with Gasteiger partial charge in [0, 0.05) is 26.1 Å². The van der Waals surface area contributed by atoms with Gasteiger partial charge in [0.25, 0.3) is 0 Å². The third-order valence-corrected chi connectivity index (χ3v) is 3.31. The number of carbonyl (C=O) groups is 3. The molecule has 1 fully saturated rings. The molecule has 1 aliphatic rings. The zero-order chi connectivity index (χ0) is 16.2. The van der Waals surface area contributed by atoms with Crippen LogP contribution < -0.4 is 0 Å². The minimum Gasteiger partial charge on any atom is -0.456 e. The van der Waals surface area contributed by atoms with Gasteiger partial charge in [0.05, 0.1) is 0 Å². The van der Waals surface area contributed by atoms with Gasteiger partial charge in [0.2, 0.25) is 0 Å². The van der Waals surface area contributed by atoms with Crippen LogP contribution in [-0.4, -0.2) is 59.1 Å². The first-order valence-electron chi connectivity index (χ1n) is 6.17. The minimum absolute atomic E-state index is 0.215. The van der Waals surface area contributed by atoms with E-state index < -0.39 is 48.6 Å². The second-order valence-corrected chi connectivity index (χ2v) is 5.09. The monoisotopic (exact) mass is 368 g/mol. The first kappa shape index (κ1) is 17.9. The smallest absolute Gasteiger partial charge is 0.303 e. The first-order valence-corrected chi connectivity index (χ1v) is 7.29. The maximum atomic E-state index is 11.2. The summed E-state index contributed by atoms with van der Waals surface area (Å²) in [5.41, 5.74) is 0. The van der Waals surface area contributed by atoms with E-state index in [0.717, 1.165) is 13.8 Å². The number of hydrogen-bond donors (Lipinski definition) is 1. The van der Waals surface area contributed by atoms with Gasteiger partial charge in [-0.2, -0.15) is 0 Å². The highest BCUT2D eigenvalue weighted by Crippen LogP contribution is 2.28. The summed E-state index contributed by atoms with van der Waals surface area (Å²) in [6, 6.07) is 0. The van der Waals surface area contributed by atoms with Gasteiger partial charge in [-0.3, -0.25) is 14.4 Å². The van der Waals surface area contributed by atoms with Crippen LogP contribution in [0.1, 0.15) is 20.8 Å². The molecule has 5 atom stereocenters. The van der Waals surface area contributed by atoms with E-state index >= 15 is 0 Å². The van der Waals surface area contributed by atoms with Crippen molar-refractivity contribution in [3.05, 3.63) is 0 Å². The molecule has 0 amide bonds. The van der Waals surface area contributed by atoms with Crippen molar-refractivity contribution in [2.75, 3.05) is 5.33 Å². The summed E-state index contributed by atoms with van der Waals surface area (Å²) in [4.78, 5) is 33.6. The Labute approximate surface area is 129 Å². The van der Waals surface area contributed by atoms with Gasteiger partial charge >= 0.3 is 17.9 Å². The number of carbonyl (C=O) groups excluding carboxylic acids is 3. The highest BCUT2D eigenvalue weighted by Gasteiger charge is 2.50. The van der Waals surface area contributed by atoms with Crippen molar-refractivity contribution in [3.63, 3.8) is 0 Å². The minimum atomic E-state index is -1.51. The van der Waals surface area contributed by atoms with Crippen molar-refractivity contribution in [1.29, 1.82) is 0 Å². The van der Waals surface area contributed by atoms with Crippen LogP contribution in [0.5, 0.6) is 0 Å². The largest absolute Gasteiger partial charge is 0.456 e. The Morgan fingerprint density at radius 3 is 1.81 bits per heavy atom. The van der Waals surface area contributed by atoms with Crippen LogP contribution >= 0.6 is 15.9 Å². The van der Waals surface area contributed by atoms with Gasteiger partial charge in [-0.15, -0.1) is 0 Å². The van der Waals surface area contributed by atoms with E-state index in [-0.39, 0.29) is 5.33 Å². The van der Waals surface area contributed by atoms with E-state index in [0.29, 0.717) is 0 Å². The fourth-order valence-electron chi connectivity index (χ4n) is 2.00. The molecule has 0 aromatic heterocycles. The molecule has 0 aromatic carbocycles. The number of aliphatic hydroxyl groups is 1.